The summed E-state index contributed by atoms with van der Waals surface area (Å²) in [6.07, 6.45) is 0. The Hall–Kier alpha value is -3.22. The van der Waals surface area contributed by atoms with Crippen molar-refractivity contribution in [3.63, 3.8) is 0 Å². The zero-order valence-corrected chi connectivity index (χ0v) is 10.7. The van der Waals surface area contributed by atoms with E-state index < -0.39 is 16.8 Å². The van der Waals surface area contributed by atoms with Crippen LogP contribution in [0.15, 0.2) is 54.6 Å². The maximum absolute atomic E-state index is 11.7. The molecule has 0 spiro atoms. The fourth-order valence-corrected chi connectivity index (χ4v) is 1.52. The molecule has 2 aromatic carbocycles. The summed E-state index contributed by atoms with van der Waals surface area (Å²) in [6.45, 7) is 0. The van der Waals surface area contributed by atoms with E-state index >= 15 is 0 Å². The maximum atomic E-state index is 11.7. The molecule has 2 rings (SSSR count). The Labute approximate surface area is 119 Å². The Balaban J connectivity index is 1.96. The molecule has 0 aliphatic rings. The lowest BCUT2D eigenvalue weighted by molar-refractivity contribution is -0.384. The van der Waals surface area contributed by atoms with Crippen LogP contribution in [0.1, 0.15) is 20.7 Å². The van der Waals surface area contributed by atoms with Crippen LogP contribution in [-0.2, 0) is 4.84 Å². The first-order valence-corrected chi connectivity index (χ1v) is 5.89. The highest BCUT2D eigenvalue weighted by atomic mass is 16.7. The molecule has 0 saturated carbocycles. The number of carbonyl (C=O) groups is 2. The van der Waals surface area contributed by atoms with E-state index in [1.165, 1.54) is 24.3 Å². The van der Waals surface area contributed by atoms with Gasteiger partial charge in [0.05, 0.1) is 10.5 Å². The quantitative estimate of drug-likeness (QED) is 0.688. The fourth-order valence-electron chi connectivity index (χ4n) is 1.52. The molecule has 0 saturated heterocycles. The second-order valence-corrected chi connectivity index (χ2v) is 3.99. The van der Waals surface area contributed by atoms with Crippen molar-refractivity contribution in [2.24, 2.45) is 0 Å². The summed E-state index contributed by atoms with van der Waals surface area (Å²) in [5, 5.41) is 10.5. The Kier molecular flexibility index (Phi) is 4.25. The smallest absolute Gasteiger partial charge is 0.335 e. The molecule has 106 valence electrons. The lowest BCUT2D eigenvalue weighted by atomic mass is 10.2. The Morgan fingerprint density at radius 1 is 0.952 bits per heavy atom. The number of nitro groups is 1. The van der Waals surface area contributed by atoms with E-state index in [9.17, 15) is 19.7 Å². The molecular weight excluding hydrogens is 276 g/mol. The highest BCUT2D eigenvalue weighted by molar-refractivity contribution is 5.96. The molecule has 0 unspecified atom stereocenters. The molecule has 0 aliphatic carbocycles. The largest absolute Gasteiger partial charge is 0.362 e. The number of hydrogen-bond acceptors (Lipinski definition) is 5. The highest BCUT2D eigenvalue weighted by Crippen LogP contribution is 2.11. The minimum Gasteiger partial charge on any atom is -0.335 e. The van der Waals surface area contributed by atoms with Crippen LogP contribution < -0.4 is 5.48 Å². The minimum atomic E-state index is -0.703. The third-order valence-electron chi connectivity index (χ3n) is 2.59. The van der Waals surface area contributed by atoms with Crippen LogP contribution in [0.3, 0.4) is 0 Å². The van der Waals surface area contributed by atoms with Crippen molar-refractivity contribution >= 4 is 17.6 Å². The zero-order valence-electron chi connectivity index (χ0n) is 10.7. The molecule has 0 heterocycles. The molecule has 0 atom stereocenters. The Bertz CT molecular complexity index is 668. The zero-order chi connectivity index (χ0) is 15.2. The summed E-state index contributed by atoms with van der Waals surface area (Å²) in [6, 6.07) is 13.1. The molecule has 7 heteroatoms. The van der Waals surface area contributed by atoms with Gasteiger partial charge in [0.15, 0.2) is 0 Å². The van der Waals surface area contributed by atoms with Gasteiger partial charge in [-0.1, -0.05) is 18.2 Å². The minimum absolute atomic E-state index is 0.132. The van der Waals surface area contributed by atoms with Crippen molar-refractivity contribution in [1.82, 2.24) is 5.48 Å². The first-order chi connectivity index (χ1) is 10.1. The molecule has 0 aliphatic heterocycles. The van der Waals surface area contributed by atoms with E-state index in [1.807, 2.05) is 5.48 Å². The van der Waals surface area contributed by atoms with Crippen LogP contribution in [0.5, 0.6) is 0 Å². The van der Waals surface area contributed by atoms with E-state index in [-0.39, 0.29) is 11.3 Å². The summed E-state index contributed by atoms with van der Waals surface area (Å²) >= 11 is 0. The predicted octanol–water partition coefficient (Wildman–Crippen LogP) is 2.10. The van der Waals surface area contributed by atoms with Gasteiger partial charge in [-0.25, -0.2) is 4.79 Å². The summed E-state index contributed by atoms with van der Waals surface area (Å²) < 4.78 is 0. The van der Waals surface area contributed by atoms with Crippen LogP contribution in [0.25, 0.3) is 0 Å². The number of nitro benzene ring substituents is 1. The molecule has 0 aromatic heterocycles. The van der Waals surface area contributed by atoms with Crippen LogP contribution in [0, 0.1) is 10.1 Å². The summed E-state index contributed by atoms with van der Waals surface area (Å²) in [4.78, 5) is 37.9. The number of nitrogens with one attached hydrogen (secondary N) is 1. The lowest BCUT2D eigenvalue weighted by Gasteiger charge is -2.05. The molecular formula is C14H10N2O5. The van der Waals surface area contributed by atoms with Crippen molar-refractivity contribution < 1.29 is 19.3 Å². The van der Waals surface area contributed by atoms with Gasteiger partial charge in [0.1, 0.15) is 0 Å². The fraction of sp³-hybridized carbons (Fsp3) is 0. The lowest BCUT2D eigenvalue weighted by Crippen LogP contribution is -2.27. The van der Waals surface area contributed by atoms with E-state index in [4.69, 9.17) is 0 Å². The van der Waals surface area contributed by atoms with Gasteiger partial charge in [0, 0.05) is 17.7 Å². The van der Waals surface area contributed by atoms with Gasteiger partial charge in [0.2, 0.25) is 0 Å². The van der Waals surface area contributed by atoms with Crippen molar-refractivity contribution in [3.05, 3.63) is 75.8 Å². The Morgan fingerprint density at radius 2 is 1.57 bits per heavy atom. The monoisotopic (exact) mass is 286 g/mol. The average molecular weight is 286 g/mol. The first kappa shape index (κ1) is 14.2. The van der Waals surface area contributed by atoms with Gasteiger partial charge < -0.3 is 4.84 Å². The number of non-ortho nitro benzene ring substituents is 1. The van der Waals surface area contributed by atoms with Gasteiger partial charge in [-0.3, -0.25) is 14.9 Å². The van der Waals surface area contributed by atoms with Crippen molar-refractivity contribution in [2.75, 3.05) is 0 Å². The van der Waals surface area contributed by atoms with Crippen LogP contribution >= 0.6 is 0 Å². The maximum Gasteiger partial charge on any atom is 0.362 e. The molecule has 0 radical (unpaired) electrons. The molecule has 1 N–H and O–H groups in total. The average Bonchev–Trinajstić information content (AvgIpc) is 2.53. The highest BCUT2D eigenvalue weighted by Gasteiger charge is 2.12. The number of rotatable bonds is 3. The standard InChI is InChI=1S/C14H10N2O5/c17-13(10-6-8-12(9-7-10)16(19)20)15-21-14(18)11-4-2-1-3-5-11/h1-9H,(H,15,17). The van der Waals surface area contributed by atoms with Gasteiger partial charge in [0.25, 0.3) is 11.6 Å². The van der Waals surface area contributed by atoms with Gasteiger partial charge in [-0.15, -0.1) is 0 Å². The predicted molar refractivity (Wildman–Crippen MR) is 72.4 cm³/mol. The SMILES string of the molecule is O=C(NOC(=O)c1ccccc1)c1ccc([N+](=O)[O-])cc1. The normalized spacial score (nSPS) is 9.71. The van der Waals surface area contributed by atoms with Crippen molar-refractivity contribution in [2.45, 2.75) is 0 Å². The van der Waals surface area contributed by atoms with Gasteiger partial charge >= 0.3 is 5.97 Å². The van der Waals surface area contributed by atoms with Gasteiger partial charge in [-0.05, 0) is 24.3 Å². The second-order valence-electron chi connectivity index (χ2n) is 3.99. The molecule has 7 nitrogen and oxygen atoms in total. The van der Waals surface area contributed by atoms with E-state index in [0.29, 0.717) is 5.56 Å². The van der Waals surface area contributed by atoms with Crippen molar-refractivity contribution in [1.29, 1.82) is 0 Å². The first-order valence-electron chi connectivity index (χ1n) is 5.89. The van der Waals surface area contributed by atoms with Crippen molar-refractivity contribution in [3.8, 4) is 0 Å². The number of benzene rings is 2. The van der Waals surface area contributed by atoms with Crippen LogP contribution in [0.4, 0.5) is 5.69 Å². The molecule has 2 aromatic rings. The van der Waals surface area contributed by atoms with Crippen LogP contribution in [0.2, 0.25) is 0 Å². The van der Waals surface area contributed by atoms with E-state index in [1.54, 1.807) is 30.3 Å². The molecule has 0 fully saturated rings. The number of nitrogens with zero attached hydrogens (tertiary/aromatic N) is 1. The summed E-state index contributed by atoms with van der Waals surface area (Å²) in [7, 11) is 0. The number of hydroxylamine groups is 1. The second kappa shape index (κ2) is 6.29. The molecule has 0 bridgehead atoms. The van der Waals surface area contributed by atoms with E-state index in [0.717, 1.165) is 0 Å². The molecule has 1 amide bonds. The van der Waals surface area contributed by atoms with E-state index in [2.05, 4.69) is 4.84 Å². The number of hydrogen-bond donors (Lipinski definition) is 1. The molecule has 21 heavy (non-hydrogen) atoms. The van der Waals surface area contributed by atoms with Crippen LogP contribution in [-0.4, -0.2) is 16.8 Å². The topological polar surface area (TPSA) is 98.5 Å². The third-order valence-corrected chi connectivity index (χ3v) is 2.59. The Morgan fingerprint density at radius 3 is 2.14 bits per heavy atom. The third kappa shape index (κ3) is 3.63. The van der Waals surface area contributed by atoms with Gasteiger partial charge in [-0.2, -0.15) is 5.48 Å². The summed E-state index contributed by atoms with van der Waals surface area (Å²) in [5.74, 6) is -1.37. The summed E-state index contributed by atoms with van der Waals surface area (Å²) in [5.41, 5.74) is 2.29. The number of carbonyl (C=O) groups excluding carboxylic acids is 2. The number of amides is 1.